The van der Waals surface area contributed by atoms with Crippen LogP contribution in [0.15, 0.2) is 28.1 Å². The van der Waals surface area contributed by atoms with Gasteiger partial charge in [-0.15, -0.1) is 11.3 Å². The van der Waals surface area contributed by atoms with Crippen molar-refractivity contribution in [3.63, 3.8) is 0 Å². The van der Waals surface area contributed by atoms with Crippen molar-refractivity contribution in [3.8, 4) is 10.6 Å². The Kier molecular flexibility index (Phi) is 4.14. The van der Waals surface area contributed by atoms with Gasteiger partial charge in [0.05, 0.1) is 19.2 Å². The van der Waals surface area contributed by atoms with Crippen LogP contribution in [0, 0.1) is 6.92 Å². The van der Waals surface area contributed by atoms with Gasteiger partial charge in [-0.3, -0.25) is 4.79 Å². The third kappa shape index (κ3) is 2.97. The molecule has 0 spiro atoms. The van der Waals surface area contributed by atoms with Crippen molar-refractivity contribution in [3.05, 3.63) is 39.3 Å². The fourth-order valence-electron chi connectivity index (χ4n) is 1.60. The zero-order chi connectivity index (χ0) is 13.1. The van der Waals surface area contributed by atoms with E-state index in [9.17, 15) is 4.79 Å². The monoisotopic (exact) mass is 325 g/mol. The van der Waals surface area contributed by atoms with Gasteiger partial charge in [0, 0.05) is 15.4 Å². The molecule has 0 fully saturated rings. The molecule has 0 bridgehead atoms. The van der Waals surface area contributed by atoms with Crippen molar-refractivity contribution in [2.75, 3.05) is 7.11 Å². The molecule has 0 radical (unpaired) electrons. The maximum Gasteiger partial charge on any atom is 0.311 e. The summed E-state index contributed by atoms with van der Waals surface area (Å²) in [5.74, 6) is -0.264. The van der Waals surface area contributed by atoms with Crippen molar-refractivity contribution in [2.24, 2.45) is 0 Å². The molecule has 5 heteroatoms. The van der Waals surface area contributed by atoms with Crippen molar-refractivity contribution >= 4 is 33.2 Å². The Morgan fingerprint density at radius 3 is 2.94 bits per heavy atom. The summed E-state index contributed by atoms with van der Waals surface area (Å²) in [6, 6.07) is 6.07. The maximum absolute atomic E-state index is 11.2. The summed E-state index contributed by atoms with van der Waals surface area (Å²) in [5, 5.41) is 2.83. The highest BCUT2D eigenvalue weighted by Gasteiger charge is 2.10. The molecular formula is C13H12BrNO2S. The Morgan fingerprint density at radius 2 is 2.28 bits per heavy atom. The second-order valence-electron chi connectivity index (χ2n) is 3.86. The van der Waals surface area contributed by atoms with E-state index >= 15 is 0 Å². The summed E-state index contributed by atoms with van der Waals surface area (Å²) in [5.41, 5.74) is 3.01. The normalized spacial score (nSPS) is 10.4. The van der Waals surface area contributed by atoms with E-state index in [1.54, 1.807) is 11.3 Å². The molecule has 2 aromatic rings. The predicted octanol–water partition coefficient (Wildman–Crippen LogP) is 3.60. The van der Waals surface area contributed by atoms with E-state index < -0.39 is 0 Å². The van der Waals surface area contributed by atoms with Crippen LogP contribution >= 0.6 is 27.3 Å². The molecular weight excluding hydrogens is 314 g/mol. The number of thiazole rings is 1. The number of esters is 1. The van der Waals surface area contributed by atoms with Gasteiger partial charge in [0.1, 0.15) is 5.01 Å². The van der Waals surface area contributed by atoms with E-state index in [0.717, 1.165) is 26.3 Å². The lowest BCUT2D eigenvalue weighted by Crippen LogP contribution is -2.04. The summed E-state index contributed by atoms with van der Waals surface area (Å²) in [6.07, 6.45) is 0.225. The first-order valence-corrected chi connectivity index (χ1v) is 7.05. The summed E-state index contributed by atoms with van der Waals surface area (Å²) in [7, 11) is 1.38. The number of carbonyl (C=O) groups excluding carboxylic acids is 1. The topological polar surface area (TPSA) is 39.2 Å². The van der Waals surface area contributed by atoms with Gasteiger partial charge in [0.25, 0.3) is 0 Å². The Hall–Kier alpha value is -1.20. The number of aromatic nitrogens is 1. The van der Waals surface area contributed by atoms with Crippen molar-refractivity contribution in [2.45, 2.75) is 13.3 Å². The number of nitrogens with zero attached hydrogens (tertiary/aromatic N) is 1. The zero-order valence-electron chi connectivity index (χ0n) is 10.1. The van der Waals surface area contributed by atoms with Crippen LogP contribution in [0.2, 0.25) is 0 Å². The number of carbonyl (C=O) groups is 1. The Morgan fingerprint density at radius 1 is 1.50 bits per heavy atom. The third-order valence-electron chi connectivity index (χ3n) is 2.52. The van der Waals surface area contributed by atoms with E-state index in [-0.39, 0.29) is 12.4 Å². The number of aryl methyl sites for hydroxylation is 1. The number of benzene rings is 1. The van der Waals surface area contributed by atoms with Gasteiger partial charge in [-0.05, 0) is 24.6 Å². The highest BCUT2D eigenvalue weighted by Crippen LogP contribution is 2.28. The van der Waals surface area contributed by atoms with Crippen molar-refractivity contribution in [1.29, 1.82) is 0 Å². The molecule has 0 atom stereocenters. The molecule has 94 valence electrons. The maximum atomic E-state index is 11.2. The molecule has 0 amide bonds. The largest absolute Gasteiger partial charge is 0.469 e. The van der Waals surface area contributed by atoms with Crippen LogP contribution in [-0.2, 0) is 16.0 Å². The van der Waals surface area contributed by atoms with Crippen LogP contribution in [0.5, 0.6) is 0 Å². The number of rotatable bonds is 3. The van der Waals surface area contributed by atoms with E-state index in [0.29, 0.717) is 0 Å². The van der Waals surface area contributed by atoms with Gasteiger partial charge in [-0.1, -0.05) is 22.0 Å². The summed E-state index contributed by atoms with van der Waals surface area (Å²) in [4.78, 5) is 15.6. The van der Waals surface area contributed by atoms with E-state index in [2.05, 4.69) is 31.7 Å². The lowest BCUT2D eigenvalue weighted by Gasteiger charge is -2.02. The Bertz CT molecular complexity index is 580. The SMILES string of the molecule is COC(=O)Cc1csc(-c2ccc(Br)cc2C)n1. The molecule has 0 saturated carbocycles. The number of hydrogen-bond donors (Lipinski definition) is 0. The van der Waals surface area contributed by atoms with Crippen molar-refractivity contribution < 1.29 is 9.53 Å². The predicted molar refractivity (Wildman–Crippen MR) is 75.7 cm³/mol. The fraction of sp³-hybridized carbons (Fsp3) is 0.231. The fourth-order valence-corrected chi connectivity index (χ4v) is 2.98. The molecule has 0 unspecified atom stereocenters. The molecule has 0 N–H and O–H groups in total. The molecule has 0 aliphatic heterocycles. The molecule has 18 heavy (non-hydrogen) atoms. The first kappa shape index (κ1) is 13.2. The van der Waals surface area contributed by atoms with Gasteiger partial charge < -0.3 is 4.74 Å². The van der Waals surface area contributed by atoms with Crippen LogP contribution in [0.3, 0.4) is 0 Å². The molecule has 1 aromatic heterocycles. The number of ether oxygens (including phenoxy) is 1. The van der Waals surface area contributed by atoms with Crippen LogP contribution in [-0.4, -0.2) is 18.1 Å². The van der Waals surface area contributed by atoms with Gasteiger partial charge >= 0.3 is 5.97 Å². The van der Waals surface area contributed by atoms with Gasteiger partial charge in [-0.25, -0.2) is 4.98 Å². The average molecular weight is 326 g/mol. The quantitative estimate of drug-likeness (QED) is 0.809. The zero-order valence-corrected chi connectivity index (χ0v) is 12.5. The van der Waals surface area contributed by atoms with Gasteiger partial charge in [0.15, 0.2) is 0 Å². The molecule has 1 aromatic carbocycles. The molecule has 2 rings (SSSR count). The van der Waals surface area contributed by atoms with Crippen LogP contribution in [0.25, 0.3) is 10.6 Å². The molecule has 0 saturated heterocycles. The minimum atomic E-state index is -0.264. The van der Waals surface area contributed by atoms with Crippen LogP contribution in [0.4, 0.5) is 0 Å². The minimum Gasteiger partial charge on any atom is -0.469 e. The summed E-state index contributed by atoms with van der Waals surface area (Å²) < 4.78 is 5.68. The number of methoxy groups -OCH3 is 1. The molecule has 1 heterocycles. The number of hydrogen-bond acceptors (Lipinski definition) is 4. The van der Waals surface area contributed by atoms with Crippen LogP contribution < -0.4 is 0 Å². The minimum absolute atomic E-state index is 0.225. The third-order valence-corrected chi connectivity index (χ3v) is 3.94. The lowest BCUT2D eigenvalue weighted by molar-refractivity contribution is -0.139. The molecule has 0 aliphatic rings. The highest BCUT2D eigenvalue weighted by molar-refractivity contribution is 9.10. The standard InChI is InChI=1S/C13H12BrNO2S/c1-8-5-9(14)3-4-11(8)13-15-10(7-18-13)6-12(16)17-2/h3-5,7H,6H2,1-2H3. The Labute approximate surface area is 118 Å². The van der Waals surface area contributed by atoms with Gasteiger partial charge in [-0.2, -0.15) is 0 Å². The first-order chi connectivity index (χ1) is 8.60. The van der Waals surface area contributed by atoms with E-state index in [1.165, 1.54) is 7.11 Å². The first-order valence-electron chi connectivity index (χ1n) is 5.38. The second-order valence-corrected chi connectivity index (χ2v) is 5.63. The van der Waals surface area contributed by atoms with E-state index in [4.69, 9.17) is 0 Å². The van der Waals surface area contributed by atoms with Crippen molar-refractivity contribution in [1.82, 2.24) is 4.98 Å². The summed E-state index contributed by atoms with van der Waals surface area (Å²) in [6.45, 7) is 2.04. The average Bonchev–Trinajstić information content (AvgIpc) is 2.77. The smallest absolute Gasteiger partial charge is 0.311 e. The highest BCUT2D eigenvalue weighted by atomic mass is 79.9. The molecule has 0 aliphatic carbocycles. The van der Waals surface area contributed by atoms with Crippen LogP contribution in [0.1, 0.15) is 11.3 Å². The van der Waals surface area contributed by atoms with Gasteiger partial charge in [0.2, 0.25) is 0 Å². The Balaban J connectivity index is 2.26. The van der Waals surface area contributed by atoms with E-state index in [1.807, 2.05) is 24.4 Å². The second kappa shape index (κ2) is 5.63. The number of halogens is 1. The summed E-state index contributed by atoms with van der Waals surface area (Å²) >= 11 is 4.98. The molecule has 3 nitrogen and oxygen atoms in total. The lowest BCUT2D eigenvalue weighted by atomic mass is 10.1.